The Labute approximate surface area is 210 Å². The van der Waals surface area contributed by atoms with Crippen molar-refractivity contribution in [1.82, 2.24) is 0 Å². The molecule has 0 saturated carbocycles. The number of carbonyl (C=O) groups is 1. The SMILES string of the molecule is CC=Cc1ccc(C(=O)O)c(-c2cc3c(cc2OCCCCCC)S(=O)(=O)CCCC3(C)C)c1C. The largest absolute Gasteiger partial charge is 0.493 e. The quantitative estimate of drug-likeness (QED) is 0.370. The predicted octanol–water partition coefficient (Wildman–Crippen LogP) is 7.20. The van der Waals surface area contributed by atoms with Gasteiger partial charge in [-0.3, -0.25) is 0 Å². The van der Waals surface area contributed by atoms with Gasteiger partial charge in [-0.1, -0.05) is 58.3 Å². The minimum Gasteiger partial charge on any atom is -0.493 e. The number of allylic oxidation sites excluding steroid dienone is 1. The van der Waals surface area contributed by atoms with Crippen LogP contribution in [0.3, 0.4) is 0 Å². The molecule has 0 amide bonds. The van der Waals surface area contributed by atoms with Crippen molar-refractivity contribution in [3.05, 3.63) is 52.6 Å². The monoisotopic (exact) mass is 498 g/mol. The molecule has 190 valence electrons. The molecule has 0 aromatic heterocycles. The topological polar surface area (TPSA) is 80.7 Å². The summed E-state index contributed by atoms with van der Waals surface area (Å²) in [5.41, 5.74) is 3.51. The van der Waals surface area contributed by atoms with Crippen molar-refractivity contribution < 1.29 is 23.1 Å². The smallest absolute Gasteiger partial charge is 0.336 e. The van der Waals surface area contributed by atoms with E-state index in [2.05, 4.69) is 20.8 Å². The minimum atomic E-state index is -3.47. The number of sulfone groups is 1. The van der Waals surface area contributed by atoms with Crippen molar-refractivity contribution in [3.63, 3.8) is 0 Å². The number of ether oxygens (including phenoxy) is 1. The van der Waals surface area contributed by atoms with E-state index in [4.69, 9.17) is 4.74 Å². The second-order valence-electron chi connectivity index (χ2n) is 10.1. The van der Waals surface area contributed by atoms with Gasteiger partial charge in [0.15, 0.2) is 9.84 Å². The highest BCUT2D eigenvalue weighted by Crippen LogP contribution is 2.45. The molecule has 0 atom stereocenters. The van der Waals surface area contributed by atoms with Gasteiger partial charge >= 0.3 is 5.97 Å². The van der Waals surface area contributed by atoms with Crippen molar-refractivity contribution >= 4 is 21.9 Å². The van der Waals surface area contributed by atoms with Gasteiger partial charge in [0.05, 0.1) is 22.8 Å². The summed E-state index contributed by atoms with van der Waals surface area (Å²) in [5.74, 6) is -0.481. The third-order valence-electron chi connectivity index (χ3n) is 6.97. The van der Waals surface area contributed by atoms with Crippen molar-refractivity contribution in [2.45, 2.75) is 83.5 Å². The van der Waals surface area contributed by atoms with Crippen LogP contribution in [0, 0.1) is 6.92 Å². The van der Waals surface area contributed by atoms with E-state index >= 15 is 0 Å². The van der Waals surface area contributed by atoms with Crippen LogP contribution >= 0.6 is 0 Å². The maximum atomic E-state index is 13.2. The highest BCUT2D eigenvalue weighted by atomic mass is 32.2. The molecule has 1 N–H and O–H groups in total. The molecule has 1 aliphatic rings. The van der Waals surface area contributed by atoms with Gasteiger partial charge in [-0.15, -0.1) is 0 Å². The number of unbranched alkanes of at least 4 members (excludes halogenated alkanes) is 3. The average molecular weight is 499 g/mol. The van der Waals surface area contributed by atoms with E-state index in [0.717, 1.165) is 48.8 Å². The standard InChI is InChI=1S/C29H38O5S/c1-6-8-9-10-16-34-25-19-26-24(29(4,5)15-11-17-35(26,32)33)18-23(25)27-20(3)21(12-7-2)13-14-22(27)28(30)31/h7,12-14,18-19H,6,8-11,15-17H2,1-5H3,(H,30,31). The van der Waals surface area contributed by atoms with Crippen LogP contribution in [0.4, 0.5) is 0 Å². The van der Waals surface area contributed by atoms with Gasteiger partial charge in [0.25, 0.3) is 0 Å². The van der Waals surface area contributed by atoms with Crippen LogP contribution in [0.5, 0.6) is 5.75 Å². The van der Waals surface area contributed by atoms with Crippen LogP contribution in [0.2, 0.25) is 0 Å². The Morgan fingerprint density at radius 2 is 1.91 bits per heavy atom. The normalized spacial score (nSPS) is 16.6. The Bertz CT molecular complexity index is 1220. The van der Waals surface area contributed by atoms with Crippen LogP contribution in [-0.2, 0) is 15.3 Å². The second-order valence-corrected chi connectivity index (χ2v) is 12.1. The van der Waals surface area contributed by atoms with Gasteiger partial charge < -0.3 is 9.84 Å². The molecular weight excluding hydrogens is 460 g/mol. The van der Waals surface area contributed by atoms with Crippen LogP contribution < -0.4 is 4.74 Å². The number of fused-ring (bicyclic) bond motifs is 1. The fourth-order valence-corrected chi connectivity index (χ4v) is 6.64. The number of benzene rings is 2. The molecular formula is C29H38O5S. The summed E-state index contributed by atoms with van der Waals surface area (Å²) >= 11 is 0. The fraction of sp³-hybridized carbons (Fsp3) is 0.483. The molecule has 2 aromatic carbocycles. The number of carboxylic acids is 1. The molecule has 3 rings (SSSR count). The molecule has 0 aliphatic carbocycles. The zero-order chi connectivity index (χ0) is 25.8. The predicted molar refractivity (Wildman–Crippen MR) is 142 cm³/mol. The number of hydrogen-bond donors (Lipinski definition) is 1. The van der Waals surface area contributed by atoms with Crippen LogP contribution in [-0.4, -0.2) is 31.9 Å². The number of aromatic carboxylic acids is 1. The minimum absolute atomic E-state index is 0.106. The number of hydrogen-bond acceptors (Lipinski definition) is 4. The van der Waals surface area contributed by atoms with E-state index in [1.807, 2.05) is 38.1 Å². The Hall–Kier alpha value is -2.60. The summed E-state index contributed by atoms with van der Waals surface area (Å²) in [6.45, 7) is 10.5. The highest BCUT2D eigenvalue weighted by molar-refractivity contribution is 7.91. The molecule has 0 bridgehead atoms. The maximum absolute atomic E-state index is 13.2. The molecule has 0 unspecified atom stereocenters. The molecule has 0 radical (unpaired) electrons. The summed E-state index contributed by atoms with van der Waals surface area (Å²) < 4.78 is 32.7. The third-order valence-corrected chi connectivity index (χ3v) is 8.80. The molecule has 0 fully saturated rings. The van der Waals surface area contributed by atoms with E-state index in [9.17, 15) is 18.3 Å². The van der Waals surface area contributed by atoms with Crippen molar-refractivity contribution in [2.75, 3.05) is 12.4 Å². The van der Waals surface area contributed by atoms with Crippen LogP contribution in [0.1, 0.15) is 93.3 Å². The van der Waals surface area contributed by atoms with Crippen molar-refractivity contribution in [1.29, 1.82) is 0 Å². The molecule has 0 spiro atoms. The molecule has 1 aliphatic heterocycles. The second kappa shape index (κ2) is 11.0. The summed E-state index contributed by atoms with van der Waals surface area (Å²) in [4.78, 5) is 12.6. The van der Waals surface area contributed by atoms with Crippen LogP contribution in [0.15, 0.2) is 35.2 Å². The first kappa shape index (κ1) is 27.0. The number of carboxylic acid groups (broad SMARTS) is 1. The van der Waals surface area contributed by atoms with E-state index in [-0.39, 0.29) is 16.7 Å². The van der Waals surface area contributed by atoms with E-state index in [0.29, 0.717) is 34.8 Å². The lowest BCUT2D eigenvalue weighted by Crippen LogP contribution is -2.18. The molecule has 5 nitrogen and oxygen atoms in total. The van der Waals surface area contributed by atoms with Gasteiger partial charge in [-0.25, -0.2) is 13.2 Å². The Morgan fingerprint density at radius 3 is 2.57 bits per heavy atom. The van der Waals surface area contributed by atoms with Gasteiger partial charge in [0.1, 0.15) is 5.75 Å². The zero-order valence-corrected chi connectivity index (χ0v) is 22.4. The molecule has 1 heterocycles. The zero-order valence-electron chi connectivity index (χ0n) is 21.6. The fourth-order valence-electron chi connectivity index (χ4n) is 4.94. The number of rotatable bonds is 9. The Balaban J connectivity index is 2.32. The summed E-state index contributed by atoms with van der Waals surface area (Å²) in [5, 5.41) is 10.1. The molecule has 35 heavy (non-hydrogen) atoms. The first-order valence-corrected chi connectivity index (χ1v) is 14.2. The first-order chi connectivity index (χ1) is 16.5. The van der Waals surface area contributed by atoms with Gasteiger partial charge in [-0.05, 0) is 73.4 Å². The molecule has 2 aromatic rings. The van der Waals surface area contributed by atoms with Crippen molar-refractivity contribution in [3.8, 4) is 16.9 Å². The van der Waals surface area contributed by atoms with Gasteiger partial charge in [-0.2, -0.15) is 0 Å². The lowest BCUT2D eigenvalue weighted by molar-refractivity contribution is 0.0697. The van der Waals surface area contributed by atoms with E-state index in [1.165, 1.54) is 0 Å². The lowest BCUT2D eigenvalue weighted by Gasteiger charge is -2.27. The maximum Gasteiger partial charge on any atom is 0.336 e. The molecule has 0 saturated heterocycles. The summed E-state index contributed by atoms with van der Waals surface area (Å²) in [7, 11) is -3.47. The Kier molecular flexibility index (Phi) is 8.47. The van der Waals surface area contributed by atoms with Gasteiger partial charge in [0, 0.05) is 11.1 Å². The Morgan fingerprint density at radius 1 is 1.17 bits per heavy atom. The van der Waals surface area contributed by atoms with E-state index in [1.54, 1.807) is 12.1 Å². The molecule has 6 heteroatoms. The van der Waals surface area contributed by atoms with Crippen molar-refractivity contribution in [2.24, 2.45) is 0 Å². The van der Waals surface area contributed by atoms with E-state index < -0.39 is 15.8 Å². The highest BCUT2D eigenvalue weighted by Gasteiger charge is 2.35. The first-order valence-electron chi connectivity index (χ1n) is 12.6. The summed E-state index contributed by atoms with van der Waals surface area (Å²) in [6, 6.07) is 6.97. The average Bonchev–Trinajstić information content (AvgIpc) is 2.87. The summed E-state index contributed by atoms with van der Waals surface area (Å²) in [6.07, 6.45) is 9.29. The van der Waals surface area contributed by atoms with Gasteiger partial charge in [0.2, 0.25) is 0 Å². The lowest BCUT2D eigenvalue weighted by atomic mass is 9.79. The third kappa shape index (κ3) is 5.80. The van der Waals surface area contributed by atoms with Crippen LogP contribution in [0.25, 0.3) is 17.2 Å².